The Kier molecular flexibility index (Phi) is 55.2. The summed E-state index contributed by atoms with van der Waals surface area (Å²) < 4.78 is 16.9. The van der Waals surface area contributed by atoms with Gasteiger partial charge in [0, 0.05) is 19.3 Å². The van der Waals surface area contributed by atoms with Crippen LogP contribution in [0.15, 0.2) is 12.2 Å². The monoisotopic (exact) mass is 945 g/mol. The molecule has 0 amide bonds. The number of rotatable bonds is 56. The second-order valence-corrected chi connectivity index (χ2v) is 20.6. The molecule has 1 unspecified atom stereocenters. The topological polar surface area (TPSA) is 78.9 Å². The minimum Gasteiger partial charge on any atom is -0.462 e. The Morgan fingerprint density at radius 1 is 0.284 bits per heavy atom. The fraction of sp³-hybridized carbons (Fsp3) is 0.918. The van der Waals surface area contributed by atoms with Gasteiger partial charge < -0.3 is 14.2 Å². The molecule has 6 heteroatoms. The molecule has 0 saturated carbocycles. The lowest BCUT2D eigenvalue weighted by Crippen LogP contribution is -2.30. The van der Waals surface area contributed by atoms with E-state index in [2.05, 4.69) is 32.9 Å². The van der Waals surface area contributed by atoms with Crippen LogP contribution in [-0.4, -0.2) is 37.2 Å². The first-order chi connectivity index (χ1) is 33.0. The van der Waals surface area contributed by atoms with Gasteiger partial charge in [-0.15, -0.1) is 0 Å². The van der Waals surface area contributed by atoms with Crippen LogP contribution < -0.4 is 0 Å². The van der Waals surface area contributed by atoms with Crippen LogP contribution >= 0.6 is 0 Å². The molecule has 0 bridgehead atoms. The Hall–Kier alpha value is -1.85. The van der Waals surface area contributed by atoms with Gasteiger partial charge in [-0.1, -0.05) is 290 Å². The Labute approximate surface area is 418 Å². The quantitative estimate of drug-likeness (QED) is 0.0262. The number of ether oxygens (including phenoxy) is 3. The summed E-state index contributed by atoms with van der Waals surface area (Å²) in [6.45, 7) is 6.70. The minimum absolute atomic E-state index is 0.0644. The van der Waals surface area contributed by atoms with Gasteiger partial charge >= 0.3 is 17.9 Å². The molecule has 0 aromatic rings. The molecule has 0 aliphatic heterocycles. The Bertz CT molecular complexity index is 1040. The van der Waals surface area contributed by atoms with E-state index >= 15 is 0 Å². The van der Waals surface area contributed by atoms with Crippen LogP contribution in [-0.2, 0) is 28.6 Å². The Morgan fingerprint density at radius 3 is 0.746 bits per heavy atom. The minimum atomic E-state index is -0.765. The summed E-state index contributed by atoms with van der Waals surface area (Å²) in [6, 6.07) is 0. The Balaban J connectivity index is 4.26. The van der Waals surface area contributed by atoms with Gasteiger partial charge in [-0.25, -0.2) is 0 Å². The normalized spacial score (nSPS) is 12.0. The van der Waals surface area contributed by atoms with E-state index in [0.29, 0.717) is 19.3 Å². The molecule has 0 aromatic carbocycles. The maximum atomic E-state index is 12.9. The molecule has 0 aromatic heterocycles. The zero-order valence-corrected chi connectivity index (χ0v) is 45.5. The third-order valence-corrected chi connectivity index (χ3v) is 13.8. The van der Waals surface area contributed by atoms with E-state index in [1.165, 1.54) is 244 Å². The second-order valence-electron chi connectivity index (χ2n) is 20.6. The van der Waals surface area contributed by atoms with Crippen LogP contribution in [0.3, 0.4) is 0 Å². The highest BCUT2D eigenvalue weighted by Crippen LogP contribution is 2.17. The molecule has 0 saturated heterocycles. The molecular formula is C61H116O6. The van der Waals surface area contributed by atoms with Gasteiger partial charge in [0.15, 0.2) is 6.10 Å². The van der Waals surface area contributed by atoms with Crippen LogP contribution in [0.1, 0.15) is 342 Å². The highest BCUT2D eigenvalue weighted by atomic mass is 16.6. The van der Waals surface area contributed by atoms with Gasteiger partial charge in [-0.05, 0) is 44.9 Å². The predicted octanol–water partition coefficient (Wildman–Crippen LogP) is 20.1. The van der Waals surface area contributed by atoms with Crippen LogP contribution in [0.4, 0.5) is 0 Å². The standard InChI is InChI=1S/C61H116O6/c1-4-7-10-13-16-19-22-25-27-29-30-31-32-33-35-36-39-42-45-48-51-54-60(63)66-57-58(56-65-59(62)53-50-47-44-41-38-24-21-18-15-12-9-6-3)67-61(64)55-52-49-46-43-40-37-34-28-26-23-20-17-14-11-8-5-2/h29-30,58H,4-28,31-57H2,1-3H3/b30-29-. The van der Waals surface area contributed by atoms with Gasteiger partial charge in [0.05, 0.1) is 0 Å². The highest BCUT2D eigenvalue weighted by Gasteiger charge is 2.19. The third kappa shape index (κ3) is 55.0. The van der Waals surface area contributed by atoms with Crippen molar-refractivity contribution in [3.05, 3.63) is 12.2 Å². The Morgan fingerprint density at radius 2 is 0.493 bits per heavy atom. The largest absolute Gasteiger partial charge is 0.462 e. The van der Waals surface area contributed by atoms with Gasteiger partial charge in [0.1, 0.15) is 13.2 Å². The van der Waals surface area contributed by atoms with Crippen molar-refractivity contribution in [2.75, 3.05) is 13.2 Å². The van der Waals surface area contributed by atoms with E-state index in [1.807, 2.05) is 0 Å². The van der Waals surface area contributed by atoms with E-state index in [1.54, 1.807) is 0 Å². The van der Waals surface area contributed by atoms with E-state index in [0.717, 1.165) is 57.8 Å². The summed E-state index contributed by atoms with van der Waals surface area (Å²) in [7, 11) is 0. The van der Waals surface area contributed by atoms with Crippen molar-refractivity contribution in [2.24, 2.45) is 0 Å². The number of hydrogen-bond donors (Lipinski definition) is 0. The average molecular weight is 946 g/mol. The molecule has 0 radical (unpaired) electrons. The third-order valence-electron chi connectivity index (χ3n) is 13.8. The molecule has 0 N–H and O–H groups in total. The summed E-state index contributed by atoms with van der Waals surface area (Å²) in [4.78, 5) is 38.2. The summed E-state index contributed by atoms with van der Waals surface area (Å²) in [6.07, 6.45) is 64.9. The van der Waals surface area contributed by atoms with E-state index in [4.69, 9.17) is 14.2 Å². The van der Waals surface area contributed by atoms with Gasteiger partial charge in [0.25, 0.3) is 0 Å². The second kappa shape index (κ2) is 56.7. The molecule has 0 rings (SSSR count). The first-order valence-electron chi connectivity index (χ1n) is 30.2. The van der Waals surface area contributed by atoms with E-state index in [9.17, 15) is 14.4 Å². The van der Waals surface area contributed by atoms with Crippen LogP contribution in [0.5, 0.6) is 0 Å². The molecule has 0 spiro atoms. The summed E-state index contributed by atoms with van der Waals surface area (Å²) >= 11 is 0. The first kappa shape index (κ1) is 65.1. The summed E-state index contributed by atoms with van der Waals surface area (Å²) in [5.74, 6) is -0.841. The van der Waals surface area contributed by atoms with E-state index < -0.39 is 6.10 Å². The molecule has 0 aliphatic carbocycles. The zero-order chi connectivity index (χ0) is 48.6. The number of unbranched alkanes of at least 4 members (excludes halogenated alkanes) is 43. The van der Waals surface area contributed by atoms with Crippen LogP contribution in [0, 0.1) is 0 Å². The van der Waals surface area contributed by atoms with Crippen molar-refractivity contribution in [1.82, 2.24) is 0 Å². The van der Waals surface area contributed by atoms with Crippen molar-refractivity contribution in [2.45, 2.75) is 348 Å². The van der Waals surface area contributed by atoms with Crippen molar-refractivity contribution in [3.63, 3.8) is 0 Å². The lowest BCUT2D eigenvalue weighted by atomic mass is 10.0. The zero-order valence-electron chi connectivity index (χ0n) is 45.5. The summed E-state index contributed by atoms with van der Waals surface area (Å²) in [5.41, 5.74) is 0. The summed E-state index contributed by atoms with van der Waals surface area (Å²) in [5, 5.41) is 0. The number of carbonyl (C=O) groups is 3. The number of hydrogen-bond acceptors (Lipinski definition) is 6. The maximum absolute atomic E-state index is 12.9. The van der Waals surface area contributed by atoms with Crippen LogP contribution in [0.25, 0.3) is 0 Å². The predicted molar refractivity (Wildman–Crippen MR) is 289 cm³/mol. The SMILES string of the molecule is CCCCCCCCCC/C=C\CCCCCCCCCCCC(=O)OCC(COC(=O)CCCCCCCCCCCCCC)OC(=O)CCCCCCCCCCCCCCCCCC. The van der Waals surface area contributed by atoms with Crippen molar-refractivity contribution >= 4 is 17.9 Å². The molecule has 1 atom stereocenters. The smallest absolute Gasteiger partial charge is 0.306 e. The fourth-order valence-corrected chi connectivity index (χ4v) is 9.21. The maximum Gasteiger partial charge on any atom is 0.306 e. The molecule has 0 aliphatic rings. The van der Waals surface area contributed by atoms with Crippen molar-refractivity contribution in [1.29, 1.82) is 0 Å². The number of carbonyl (C=O) groups excluding carboxylic acids is 3. The average Bonchev–Trinajstić information content (AvgIpc) is 3.33. The highest BCUT2D eigenvalue weighted by molar-refractivity contribution is 5.71. The lowest BCUT2D eigenvalue weighted by molar-refractivity contribution is -0.167. The lowest BCUT2D eigenvalue weighted by Gasteiger charge is -2.18. The molecule has 6 nitrogen and oxygen atoms in total. The number of allylic oxidation sites excluding steroid dienone is 2. The van der Waals surface area contributed by atoms with E-state index in [-0.39, 0.29) is 31.1 Å². The molecule has 67 heavy (non-hydrogen) atoms. The van der Waals surface area contributed by atoms with Gasteiger partial charge in [-0.2, -0.15) is 0 Å². The first-order valence-corrected chi connectivity index (χ1v) is 30.2. The van der Waals surface area contributed by atoms with Gasteiger partial charge in [0.2, 0.25) is 0 Å². The molecular weight excluding hydrogens is 829 g/mol. The molecule has 396 valence electrons. The van der Waals surface area contributed by atoms with Crippen molar-refractivity contribution < 1.29 is 28.6 Å². The fourth-order valence-electron chi connectivity index (χ4n) is 9.21. The number of esters is 3. The van der Waals surface area contributed by atoms with Crippen molar-refractivity contribution in [3.8, 4) is 0 Å². The molecule has 0 heterocycles. The molecule has 0 fully saturated rings. The van der Waals surface area contributed by atoms with Crippen LogP contribution in [0.2, 0.25) is 0 Å². The van der Waals surface area contributed by atoms with Gasteiger partial charge in [-0.3, -0.25) is 14.4 Å².